The molecule has 4 atom stereocenters. The highest BCUT2D eigenvalue weighted by atomic mass is 16.5. The van der Waals surface area contributed by atoms with Gasteiger partial charge < -0.3 is 25.2 Å². The molecule has 1 aromatic rings. The maximum atomic E-state index is 13.9. The number of aromatic amines is 1. The molecule has 0 bridgehead atoms. The first-order valence-electron chi connectivity index (χ1n) is 14.7. The van der Waals surface area contributed by atoms with Crippen molar-refractivity contribution < 1.29 is 23.9 Å². The summed E-state index contributed by atoms with van der Waals surface area (Å²) in [6.45, 7) is 8.00. The van der Waals surface area contributed by atoms with E-state index in [0.29, 0.717) is 37.7 Å². The molecule has 5 rings (SSSR count). The molecule has 2 aliphatic carbocycles. The van der Waals surface area contributed by atoms with Gasteiger partial charge >= 0.3 is 0 Å². The normalized spacial score (nSPS) is 26.6. The molecule has 4 amide bonds. The van der Waals surface area contributed by atoms with Gasteiger partial charge in [0.1, 0.15) is 6.04 Å². The summed E-state index contributed by atoms with van der Waals surface area (Å²) < 4.78 is 6.13. The first-order chi connectivity index (χ1) is 19.0. The molecule has 4 aliphatic rings. The van der Waals surface area contributed by atoms with Crippen LogP contribution in [0.2, 0.25) is 0 Å². The Bertz CT molecular complexity index is 1110. The van der Waals surface area contributed by atoms with Gasteiger partial charge in [-0.15, -0.1) is 0 Å². The van der Waals surface area contributed by atoms with Crippen LogP contribution in [0.25, 0.3) is 0 Å². The lowest BCUT2D eigenvalue weighted by Crippen LogP contribution is -2.65. The molecule has 40 heavy (non-hydrogen) atoms. The molecule has 1 spiro atoms. The van der Waals surface area contributed by atoms with Gasteiger partial charge in [0, 0.05) is 57.4 Å². The number of nitrogens with zero attached hydrogens (tertiary/aromatic N) is 3. The Morgan fingerprint density at radius 3 is 2.38 bits per heavy atom. The number of H-pyrrole nitrogens is 1. The number of carbonyl (C=O) groups is 4. The van der Waals surface area contributed by atoms with Gasteiger partial charge in [-0.05, 0) is 37.5 Å². The zero-order valence-corrected chi connectivity index (χ0v) is 24.2. The lowest BCUT2D eigenvalue weighted by molar-refractivity contribution is -0.152. The fourth-order valence-corrected chi connectivity index (χ4v) is 6.88. The summed E-state index contributed by atoms with van der Waals surface area (Å²) in [7, 11) is 1.55. The average Bonchev–Trinajstić information content (AvgIpc) is 3.30. The van der Waals surface area contributed by atoms with Crippen molar-refractivity contribution in [3.63, 3.8) is 0 Å². The van der Waals surface area contributed by atoms with Gasteiger partial charge in [0.05, 0.1) is 23.8 Å². The molecule has 4 fully saturated rings. The average molecular weight is 557 g/mol. The zero-order valence-electron chi connectivity index (χ0n) is 24.2. The third kappa shape index (κ3) is 5.62. The Morgan fingerprint density at radius 1 is 1.10 bits per heavy atom. The minimum atomic E-state index is -0.859. The predicted molar refractivity (Wildman–Crippen MR) is 147 cm³/mol. The fourth-order valence-electron chi connectivity index (χ4n) is 6.88. The second-order valence-corrected chi connectivity index (χ2v) is 13.2. The van der Waals surface area contributed by atoms with E-state index in [2.05, 4.69) is 34.7 Å². The summed E-state index contributed by atoms with van der Waals surface area (Å²) in [4.78, 5) is 56.5. The van der Waals surface area contributed by atoms with E-state index >= 15 is 0 Å². The van der Waals surface area contributed by atoms with Crippen LogP contribution in [-0.2, 0) is 19.1 Å². The number of likely N-dealkylation sites (N-methyl/N-ethyl adjacent to an activating group) is 1. The van der Waals surface area contributed by atoms with Gasteiger partial charge in [-0.25, -0.2) is 0 Å². The molecule has 11 heteroatoms. The quantitative estimate of drug-likeness (QED) is 0.422. The molecule has 0 unspecified atom stereocenters. The minimum Gasteiger partial charge on any atom is -0.376 e. The van der Waals surface area contributed by atoms with E-state index in [1.54, 1.807) is 18.1 Å². The van der Waals surface area contributed by atoms with E-state index in [1.807, 2.05) is 11.8 Å². The van der Waals surface area contributed by atoms with Gasteiger partial charge in [-0.2, -0.15) is 5.10 Å². The van der Waals surface area contributed by atoms with Crippen LogP contribution in [0.5, 0.6) is 0 Å². The molecular weight excluding hydrogens is 512 g/mol. The molecule has 2 aliphatic heterocycles. The molecular formula is C29H44N6O5. The molecule has 11 nitrogen and oxygen atoms in total. The Labute approximate surface area is 236 Å². The Balaban J connectivity index is 1.28. The maximum absolute atomic E-state index is 13.9. The van der Waals surface area contributed by atoms with Crippen molar-refractivity contribution in [1.29, 1.82) is 0 Å². The third-order valence-electron chi connectivity index (χ3n) is 9.75. The van der Waals surface area contributed by atoms with Crippen LogP contribution in [0.1, 0.15) is 69.7 Å². The Kier molecular flexibility index (Phi) is 7.96. The predicted octanol–water partition coefficient (Wildman–Crippen LogP) is 1.57. The number of ether oxygens (including phenoxy) is 1. The molecule has 3 N–H and O–H groups in total. The van der Waals surface area contributed by atoms with Crippen LogP contribution in [-0.4, -0.2) is 95.6 Å². The highest BCUT2D eigenvalue weighted by Crippen LogP contribution is 2.54. The van der Waals surface area contributed by atoms with E-state index in [0.717, 1.165) is 19.3 Å². The number of hydrogen-bond acceptors (Lipinski definition) is 6. The van der Waals surface area contributed by atoms with Crippen LogP contribution in [0.15, 0.2) is 12.4 Å². The summed E-state index contributed by atoms with van der Waals surface area (Å²) in [6, 6.07) is -0.859. The fraction of sp³-hybridized carbons (Fsp3) is 0.759. The SMILES string of the molecule is CNC(=O)[C@@H](NC(=O)[C@H]1CN(C(=O)c2cn[nH]c2)CC12CN(C(=O)[C@H]1CC1(C)C)C2)[C@@H](C)OCC1CCCCC1. The van der Waals surface area contributed by atoms with E-state index in [-0.39, 0.29) is 41.5 Å². The second kappa shape index (κ2) is 11.1. The number of likely N-dealkylation sites (tertiary alicyclic amines) is 2. The summed E-state index contributed by atoms with van der Waals surface area (Å²) in [5.41, 5.74) is -0.113. The first-order valence-corrected chi connectivity index (χ1v) is 14.7. The van der Waals surface area contributed by atoms with E-state index < -0.39 is 23.5 Å². The second-order valence-electron chi connectivity index (χ2n) is 13.2. The molecule has 2 saturated heterocycles. The Hall–Kier alpha value is -2.95. The lowest BCUT2D eigenvalue weighted by atomic mass is 9.70. The summed E-state index contributed by atoms with van der Waals surface area (Å²) in [5, 5.41) is 12.2. The highest BCUT2D eigenvalue weighted by molar-refractivity contribution is 5.95. The topological polar surface area (TPSA) is 137 Å². The smallest absolute Gasteiger partial charge is 0.257 e. The van der Waals surface area contributed by atoms with Gasteiger partial charge in [0.15, 0.2) is 0 Å². The van der Waals surface area contributed by atoms with Crippen molar-refractivity contribution in [3.05, 3.63) is 18.0 Å². The van der Waals surface area contributed by atoms with Crippen molar-refractivity contribution in [1.82, 2.24) is 30.6 Å². The Morgan fingerprint density at radius 2 is 1.77 bits per heavy atom. The van der Waals surface area contributed by atoms with Gasteiger partial charge in [0.2, 0.25) is 17.7 Å². The zero-order chi connectivity index (χ0) is 28.7. The van der Waals surface area contributed by atoms with Crippen molar-refractivity contribution in [3.8, 4) is 0 Å². The largest absolute Gasteiger partial charge is 0.376 e. The number of nitrogens with one attached hydrogen (secondary N) is 3. The molecule has 3 heterocycles. The number of hydrogen-bond donors (Lipinski definition) is 3. The van der Waals surface area contributed by atoms with Gasteiger partial charge in [-0.1, -0.05) is 33.1 Å². The molecule has 1 aromatic heterocycles. The minimum absolute atomic E-state index is 0.0157. The first kappa shape index (κ1) is 28.6. The van der Waals surface area contributed by atoms with Crippen molar-refractivity contribution >= 4 is 23.6 Å². The van der Waals surface area contributed by atoms with Crippen molar-refractivity contribution in [2.24, 2.45) is 28.6 Å². The number of carbonyl (C=O) groups excluding carboxylic acids is 4. The number of rotatable bonds is 9. The van der Waals surface area contributed by atoms with Crippen LogP contribution >= 0.6 is 0 Å². The van der Waals surface area contributed by atoms with Crippen LogP contribution < -0.4 is 10.6 Å². The summed E-state index contributed by atoms with van der Waals surface area (Å²) in [6.07, 6.45) is 9.29. The van der Waals surface area contributed by atoms with Gasteiger partial charge in [-0.3, -0.25) is 24.3 Å². The maximum Gasteiger partial charge on any atom is 0.257 e. The number of amides is 4. The molecule has 0 aromatic carbocycles. The monoisotopic (exact) mass is 556 g/mol. The van der Waals surface area contributed by atoms with E-state index in [9.17, 15) is 19.2 Å². The summed E-state index contributed by atoms with van der Waals surface area (Å²) >= 11 is 0. The molecule has 2 saturated carbocycles. The lowest BCUT2D eigenvalue weighted by Gasteiger charge is -2.50. The van der Waals surface area contributed by atoms with E-state index in [1.165, 1.54) is 25.5 Å². The summed E-state index contributed by atoms with van der Waals surface area (Å²) in [5.74, 6) is -0.745. The van der Waals surface area contributed by atoms with Crippen LogP contribution in [0, 0.1) is 28.6 Å². The van der Waals surface area contributed by atoms with Crippen molar-refractivity contribution in [2.45, 2.75) is 71.4 Å². The standard InChI is InChI=1S/C29H44N6O5/c1-18(40-14-19-8-6-5-7-9-19)23(25(37)30-4)33-24(36)22-13-34(26(38)20-11-31-32-12-20)15-29(22)16-35(17-29)27(39)21-10-28(21,2)3/h11-12,18-19,21-23H,5-10,13-17H2,1-4H3,(H,30,37)(H,31,32)(H,33,36)/t18-,21-,22-,23+/m1/s1. The van der Waals surface area contributed by atoms with Crippen LogP contribution in [0.3, 0.4) is 0 Å². The van der Waals surface area contributed by atoms with Gasteiger partial charge in [0.25, 0.3) is 5.91 Å². The molecule has 220 valence electrons. The highest BCUT2D eigenvalue weighted by Gasteiger charge is 2.62. The van der Waals surface area contributed by atoms with Crippen molar-refractivity contribution in [2.75, 3.05) is 39.8 Å². The number of aromatic nitrogens is 2. The molecule has 0 radical (unpaired) electrons. The van der Waals surface area contributed by atoms with Crippen LogP contribution in [0.4, 0.5) is 0 Å². The third-order valence-corrected chi connectivity index (χ3v) is 9.75. The van der Waals surface area contributed by atoms with E-state index in [4.69, 9.17) is 4.74 Å².